The minimum Gasteiger partial charge on any atom is -0.496 e. The topological polar surface area (TPSA) is 49.8 Å². The molecule has 1 aromatic carbocycles. The lowest BCUT2D eigenvalue weighted by atomic mass is 10.0. The van der Waals surface area contributed by atoms with Gasteiger partial charge in [0.2, 0.25) is 5.91 Å². The van der Waals surface area contributed by atoms with E-state index in [9.17, 15) is 4.79 Å². The molecule has 1 N–H and O–H groups in total. The maximum Gasteiger partial charge on any atom is 0.224 e. The van der Waals surface area contributed by atoms with Crippen LogP contribution < -0.4 is 4.74 Å². The van der Waals surface area contributed by atoms with E-state index in [2.05, 4.69) is 19.9 Å². The Bertz CT molecular complexity index is 443. The first-order chi connectivity index (χ1) is 8.99. The molecule has 0 saturated carbocycles. The highest BCUT2D eigenvalue weighted by Crippen LogP contribution is 2.23. The standard InChI is InChI=1S/C15H23NO3/c1-11-9-13(14(19-4)10-12(11)2)5-7-16(3)15(18)6-8-17/h9-10,17H,5-8H2,1-4H3. The fourth-order valence-electron chi connectivity index (χ4n) is 1.93. The Morgan fingerprint density at radius 1 is 1.32 bits per heavy atom. The Hall–Kier alpha value is -1.55. The van der Waals surface area contributed by atoms with Gasteiger partial charge in [0.1, 0.15) is 5.75 Å². The van der Waals surface area contributed by atoms with Crippen LogP contribution >= 0.6 is 0 Å². The van der Waals surface area contributed by atoms with E-state index in [1.54, 1.807) is 19.1 Å². The third kappa shape index (κ3) is 4.24. The molecule has 1 aromatic rings. The summed E-state index contributed by atoms with van der Waals surface area (Å²) in [7, 11) is 3.42. The number of hydrogen-bond donors (Lipinski definition) is 1. The number of aliphatic hydroxyl groups is 1. The van der Waals surface area contributed by atoms with E-state index in [-0.39, 0.29) is 18.9 Å². The number of amides is 1. The van der Waals surface area contributed by atoms with Gasteiger partial charge in [-0.25, -0.2) is 0 Å². The summed E-state index contributed by atoms with van der Waals surface area (Å²) in [5, 5.41) is 8.75. The quantitative estimate of drug-likeness (QED) is 0.851. The van der Waals surface area contributed by atoms with Crippen LogP contribution in [-0.4, -0.2) is 43.2 Å². The van der Waals surface area contributed by atoms with Gasteiger partial charge >= 0.3 is 0 Å². The molecule has 1 amide bonds. The molecule has 0 aliphatic carbocycles. The zero-order valence-electron chi connectivity index (χ0n) is 12.2. The molecule has 1 rings (SSSR count). The second kappa shape index (κ2) is 7.14. The third-order valence-electron chi connectivity index (χ3n) is 3.36. The van der Waals surface area contributed by atoms with E-state index in [0.717, 1.165) is 17.7 Å². The normalized spacial score (nSPS) is 10.4. The molecule has 0 radical (unpaired) electrons. The summed E-state index contributed by atoms with van der Waals surface area (Å²) in [5.74, 6) is 0.830. The number of hydrogen-bond acceptors (Lipinski definition) is 3. The molecule has 0 aliphatic rings. The van der Waals surface area contributed by atoms with Crippen molar-refractivity contribution < 1.29 is 14.6 Å². The lowest BCUT2D eigenvalue weighted by Crippen LogP contribution is -2.29. The van der Waals surface area contributed by atoms with Crippen LogP contribution in [0.2, 0.25) is 0 Å². The van der Waals surface area contributed by atoms with E-state index in [1.165, 1.54) is 11.1 Å². The number of carbonyl (C=O) groups excluding carboxylic acids is 1. The zero-order valence-corrected chi connectivity index (χ0v) is 12.2. The summed E-state index contributed by atoms with van der Waals surface area (Å²) in [6.45, 7) is 4.64. The summed E-state index contributed by atoms with van der Waals surface area (Å²) < 4.78 is 5.38. The Morgan fingerprint density at radius 3 is 2.53 bits per heavy atom. The molecule has 0 bridgehead atoms. The van der Waals surface area contributed by atoms with Gasteiger partial charge in [-0.15, -0.1) is 0 Å². The van der Waals surface area contributed by atoms with Gasteiger partial charge in [-0.1, -0.05) is 6.07 Å². The van der Waals surface area contributed by atoms with Gasteiger partial charge in [0.05, 0.1) is 13.7 Å². The van der Waals surface area contributed by atoms with Crippen LogP contribution in [0.25, 0.3) is 0 Å². The van der Waals surface area contributed by atoms with Gasteiger partial charge in [-0.2, -0.15) is 0 Å². The molecule has 0 spiro atoms. The van der Waals surface area contributed by atoms with Gasteiger partial charge in [0.25, 0.3) is 0 Å². The number of ether oxygens (including phenoxy) is 1. The van der Waals surface area contributed by atoms with Gasteiger partial charge in [0, 0.05) is 20.0 Å². The second-order valence-electron chi connectivity index (χ2n) is 4.79. The van der Waals surface area contributed by atoms with E-state index < -0.39 is 0 Å². The number of aliphatic hydroxyl groups excluding tert-OH is 1. The lowest BCUT2D eigenvalue weighted by Gasteiger charge is -2.18. The molecule has 106 valence electrons. The molecular weight excluding hydrogens is 242 g/mol. The molecule has 19 heavy (non-hydrogen) atoms. The summed E-state index contributed by atoms with van der Waals surface area (Å²) >= 11 is 0. The second-order valence-corrected chi connectivity index (χ2v) is 4.79. The Kier molecular flexibility index (Phi) is 5.83. The maximum atomic E-state index is 11.6. The third-order valence-corrected chi connectivity index (χ3v) is 3.36. The number of nitrogens with zero attached hydrogens (tertiary/aromatic N) is 1. The maximum absolute atomic E-state index is 11.6. The molecule has 0 atom stereocenters. The van der Waals surface area contributed by atoms with Gasteiger partial charge in [0.15, 0.2) is 0 Å². The van der Waals surface area contributed by atoms with Crippen LogP contribution in [0.1, 0.15) is 23.1 Å². The number of aryl methyl sites for hydroxylation is 2. The van der Waals surface area contributed by atoms with Gasteiger partial charge < -0.3 is 14.7 Å². The average molecular weight is 265 g/mol. The van der Waals surface area contributed by atoms with Crippen LogP contribution in [0, 0.1) is 13.8 Å². The van der Waals surface area contributed by atoms with Crippen molar-refractivity contribution in [2.24, 2.45) is 0 Å². The minimum atomic E-state index is -0.101. The van der Waals surface area contributed by atoms with E-state index in [4.69, 9.17) is 9.84 Å². The number of likely N-dealkylation sites (N-methyl/N-ethyl adjacent to an activating group) is 1. The van der Waals surface area contributed by atoms with Crippen molar-refractivity contribution in [3.05, 3.63) is 28.8 Å². The molecule has 0 aliphatic heterocycles. The van der Waals surface area contributed by atoms with Gasteiger partial charge in [-0.3, -0.25) is 4.79 Å². The highest BCUT2D eigenvalue weighted by molar-refractivity contribution is 5.75. The Labute approximate surface area is 115 Å². The van der Waals surface area contributed by atoms with Crippen LogP contribution in [0.3, 0.4) is 0 Å². The van der Waals surface area contributed by atoms with E-state index >= 15 is 0 Å². The van der Waals surface area contributed by atoms with Gasteiger partial charge in [-0.05, 0) is 43.0 Å². The lowest BCUT2D eigenvalue weighted by molar-refractivity contribution is -0.130. The zero-order chi connectivity index (χ0) is 14.4. The average Bonchev–Trinajstić information content (AvgIpc) is 2.39. The van der Waals surface area contributed by atoms with Crippen molar-refractivity contribution in [3.63, 3.8) is 0 Å². The van der Waals surface area contributed by atoms with Crippen molar-refractivity contribution in [3.8, 4) is 5.75 Å². The molecule has 0 fully saturated rings. The van der Waals surface area contributed by atoms with E-state index in [0.29, 0.717) is 6.54 Å². The molecule has 4 heteroatoms. The summed E-state index contributed by atoms with van der Waals surface area (Å²) in [5.41, 5.74) is 3.53. The van der Waals surface area contributed by atoms with Crippen molar-refractivity contribution in [2.75, 3.05) is 27.3 Å². The van der Waals surface area contributed by atoms with Crippen LogP contribution in [0.15, 0.2) is 12.1 Å². The molecular formula is C15H23NO3. The number of benzene rings is 1. The van der Waals surface area contributed by atoms with Crippen LogP contribution in [0.4, 0.5) is 0 Å². The number of carbonyl (C=O) groups is 1. The highest BCUT2D eigenvalue weighted by Gasteiger charge is 2.10. The smallest absolute Gasteiger partial charge is 0.224 e. The fourth-order valence-corrected chi connectivity index (χ4v) is 1.93. The molecule has 0 heterocycles. The number of rotatable bonds is 6. The molecule has 0 saturated heterocycles. The Balaban J connectivity index is 2.72. The summed E-state index contributed by atoms with van der Waals surface area (Å²) in [4.78, 5) is 13.2. The summed E-state index contributed by atoms with van der Waals surface area (Å²) in [6.07, 6.45) is 0.929. The molecule has 0 aromatic heterocycles. The first-order valence-electron chi connectivity index (χ1n) is 6.48. The van der Waals surface area contributed by atoms with Crippen molar-refractivity contribution >= 4 is 5.91 Å². The highest BCUT2D eigenvalue weighted by atomic mass is 16.5. The van der Waals surface area contributed by atoms with E-state index in [1.807, 2.05) is 6.07 Å². The predicted molar refractivity (Wildman–Crippen MR) is 75.5 cm³/mol. The largest absolute Gasteiger partial charge is 0.496 e. The predicted octanol–water partition coefficient (Wildman–Crippen LogP) is 1.70. The van der Waals surface area contributed by atoms with Crippen molar-refractivity contribution in [1.29, 1.82) is 0 Å². The summed E-state index contributed by atoms with van der Waals surface area (Å²) in [6, 6.07) is 4.14. The van der Waals surface area contributed by atoms with Crippen molar-refractivity contribution in [1.82, 2.24) is 4.90 Å². The monoisotopic (exact) mass is 265 g/mol. The van der Waals surface area contributed by atoms with Crippen LogP contribution in [0.5, 0.6) is 5.75 Å². The minimum absolute atomic E-state index is 0.0368. The molecule has 4 nitrogen and oxygen atoms in total. The first-order valence-corrected chi connectivity index (χ1v) is 6.48. The first kappa shape index (κ1) is 15.5. The fraction of sp³-hybridized carbons (Fsp3) is 0.533. The molecule has 0 unspecified atom stereocenters. The SMILES string of the molecule is COc1cc(C)c(C)cc1CCN(C)C(=O)CCO. The van der Waals surface area contributed by atoms with Crippen molar-refractivity contribution in [2.45, 2.75) is 26.7 Å². The number of methoxy groups -OCH3 is 1. The Morgan fingerprint density at radius 2 is 1.95 bits per heavy atom. The van der Waals surface area contributed by atoms with Crippen LogP contribution in [-0.2, 0) is 11.2 Å².